The minimum atomic E-state index is -0.111. The number of hydrogen-bond acceptors (Lipinski definition) is 3. The summed E-state index contributed by atoms with van der Waals surface area (Å²) in [4.78, 5) is 25.2. The van der Waals surface area contributed by atoms with Crippen LogP contribution in [-0.2, 0) is 14.1 Å². The summed E-state index contributed by atoms with van der Waals surface area (Å²) in [6.45, 7) is 0. The fourth-order valence-corrected chi connectivity index (χ4v) is 4.11. The number of nitrogens with zero attached hydrogens (tertiary/aromatic N) is 2. The molecule has 108 valence electrons. The lowest BCUT2D eigenvalue weighted by atomic mass is 10.1. The van der Waals surface area contributed by atoms with Crippen molar-refractivity contribution in [1.29, 1.82) is 0 Å². The molecule has 3 rings (SSSR count). The number of fused-ring (bicyclic) bond motifs is 1. The number of ketones is 1. The van der Waals surface area contributed by atoms with Crippen LogP contribution in [-0.4, -0.2) is 14.9 Å². The molecule has 3 aromatic rings. The first-order valence-corrected chi connectivity index (χ1v) is 8.45. The molecule has 0 aliphatic carbocycles. The summed E-state index contributed by atoms with van der Waals surface area (Å²) in [6, 6.07) is 7.21. The van der Waals surface area contributed by atoms with Crippen molar-refractivity contribution in [2.45, 2.75) is 0 Å². The Hall–Kier alpha value is -1.18. The fourth-order valence-electron chi connectivity index (χ4n) is 2.26. The number of thiophene rings is 1. The van der Waals surface area contributed by atoms with E-state index in [0.717, 1.165) is 14.8 Å². The predicted molar refractivity (Wildman–Crippen MR) is 91.3 cm³/mol. The Bertz CT molecular complexity index is 936. The van der Waals surface area contributed by atoms with Crippen molar-refractivity contribution in [3.63, 3.8) is 0 Å². The van der Waals surface area contributed by atoms with Gasteiger partial charge in [-0.1, -0.05) is 0 Å². The van der Waals surface area contributed by atoms with Gasteiger partial charge in [-0.15, -0.1) is 11.3 Å². The van der Waals surface area contributed by atoms with Crippen LogP contribution in [0.2, 0.25) is 0 Å². The van der Waals surface area contributed by atoms with Gasteiger partial charge in [0.15, 0.2) is 0 Å². The summed E-state index contributed by atoms with van der Waals surface area (Å²) in [5.41, 5.74) is 1.97. The quantitative estimate of drug-likeness (QED) is 0.583. The minimum absolute atomic E-state index is 0.0595. The van der Waals surface area contributed by atoms with Gasteiger partial charge in [0.25, 0.3) is 0 Å². The van der Waals surface area contributed by atoms with Crippen LogP contribution < -0.4 is 5.69 Å². The van der Waals surface area contributed by atoms with Crippen LogP contribution in [0, 0.1) is 0 Å². The lowest BCUT2D eigenvalue weighted by Crippen LogP contribution is -2.19. The van der Waals surface area contributed by atoms with Crippen LogP contribution in [0.4, 0.5) is 0 Å². The van der Waals surface area contributed by atoms with Gasteiger partial charge in [0.2, 0.25) is 5.78 Å². The van der Waals surface area contributed by atoms with Gasteiger partial charge in [0, 0.05) is 24.1 Å². The van der Waals surface area contributed by atoms with Gasteiger partial charge in [0.1, 0.15) is 0 Å². The van der Waals surface area contributed by atoms with Crippen LogP contribution in [0.3, 0.4) is 0 Å². The number of carbonyl (C=O) groups is 1. The Labute approximate surface area is 141 Å². The van der Waals surface area contributed by atoms with Crippen LogP contribution in [0.5, 0.6) is 0 Å². The molecule has 4 nitrogen and oxygen atoms in total. The molecule has 0 aliphatic rings. The van der Waals surface area contributed by atoms with Gasteiger partial charge >= 0.3 is 5.69 Å². The molecule has 0 fully saturated rings. The molecule has 0 N–H and O–H groups in total. The normalized spacial score (nSPS) is 11.2. The van der Waals surface area contributed by atoms with Crippen LogP contribution in [0.1, 0.15) is 15.2 Å². The zero-order chi connectivity index (χ0) is 15.3. The highest BCUT2D eigenvalue weighted by Crippen LogP contribution is 2.29. The summed E-state index contributed by atoms with van der Waals surface area (Å²) >= 11 is 8.19. The van der Waals surface area contributed by atoms with Crippen molar-refractivity contribution in [1.82, 2.24) is 9.13 Å². The van der Waals surface area contributed by atoms with E-state index in [0.29, 0.717) is 14.9 Å². The van der Waals surface area contributed by atoms with Gasteiger partial charge in [-0.05, 0) is 56.1 Å². The number of imidazole rings is 1. The average molecular weight is 430 g/mol. The SMILES string of the molecule is Cn1c(=O)n(C)c2cc(C(=O)c3ccc(Br)s3)c(Br)cc21. The third-order valence-corrected chi connectivity index (χ3v) is 5.68. The van der Waals surface area contributed by atoms with E-state index in [1.54, 1.807) is 35.4 Å². The third kappa shape index (κ3) is 2.33. The summed E-state index contributed by atoms with van der Waals surface area (Å²) in [6.07, 6.45) is 0. The lowest BCUT2D eigenvalue weighted by Gasteiger charge is -2.04. The summed E-state index contributed by atoms with van der Waals surface area (Å²) in [5, 5.41) is 0. The molecule has 0 atom stereocenters. The second-order valence-corrected chi connectivity index (χ2v) is 7.97. The number of rotatable bonds is 2. The van der Waals surface area contributed by atoms with Gasteiger partial charge in [0.05, 0.1) is 19.7 Å². The molecule has 2 heterocycles. The first-order valence-electron chi connectivity index (χ1n) is 6.05. The van der Waals surface area contributed by atoms with Gasteiger partial charge in [-0.25, -0.2) is 4.79 Å². The van der Waals surface area contributed by atoms with Gasteiger partial charge in [-0.3, -0.25) is 13.9 Å². The molecule has 7 heteroatoms. The maximum absolute atomic E-state index is 12.6. The number of halogens is 2. The molecule has 0 radical (unpaired) electrons. The predicted octanol–water partition coefficient (Wildman–Crippen LogP) is 3.69. The molecular formula is C14H10Br2N2O2S. The molecular weight excluding hydrogens is 420 g/mol. The molecule has 21 heavy (non-hydrogen) atoms. The highest BCUT2D eigenvalue weighted by molar-refractivity contribution is 9.11. The van der Waals surface area contributed by atoms with E-state index in [1.165, 1.54) is 11.3 Å². The highest BCUT2D eigenvalue weighted by atomic mass is 79.9. The van der Waals surface area contributed by atoms with E-state index in [4.69, 9.17) is 0 Å². The van der Waals surface area contributed by atoms with Gasteiger partial charge in [-0.2, -0.15) is 0 Å². The van der Waals surface area contributed by atoms with Crippen molar-refractivity contribution in [2.24, 2.45) is 14.1 Å². The van der Waals surface area contributed by atoms with E-state index in [2.05, 4.69) is 31.9 Å². The molecule has 0 saturated heterocycles. The number of benzene rings is 1. The Morgan fingerprint density at radius 1 is 1.10 bits per heavy atom. The smallest absolute Gasteiger partial charge is 0.295 e. The Balaban J connectivity index is 2.24. The van der Waals surface area contributed by atoms with E-state index in [-0.39, 0.29) is 11.5 Å². The maximum atomic E-state index is 12.6. The Morgan fingerprint density at radius 3 is 2.29 bits per heavy atom. The number of aryl methyl sites for hydroxylation is 2. The average Bonchev–Trinajstić information content (AvgIpc) is 2.97. The van der Waals surface area contributed by atoms with Crippen LogP contribution >= 0.6 is 43.2 Å². The van der Waals surface area contributed by atoms with Crippen molar-refractivity contribution in [3.8, 4) is 0 Å². The second kappa shape index (κ2) is 5.23. The van der Waals surface area contributed by atoms with E-state index in [9.17, 15) is 9.59 Å². The molecule has 2 aromatic heterocycles. The van der Waals surface area contributed by atoms with E-state index < -0.39 is 0 Å². The fraction of sp³-hybridized carbons (Fsp3) is 0.143. The molecule has 0 aliphatic heterocycles. The molecule has 0 unspecified atom stereocenters. The molecule has 1 aromatic carbocycles. The molecule has 0 spiro atoms. The molecule has 0 bridgehead atoms. The topological polar surface area (TPSA) is 44.0 Å². The Kier molecular flexibility index (Phi) is 3.67. The second-order valence-electron chi connectivity index (χ2n) is 4.65. The lowest BCUT2D eigenvalue weighted by molar-refractivity contribution is 0.104. The number of carbonyl (C=O) groups excluding carboxylic acids is 1. The van der Waals surface area contributed by atoms with E-state index >= 15 is 0 Å². The zero-order valence-corrected chi connectivity index (χ0v) is 15.2. The maximum Gasteiger partial charge on any atom is 0.328 e. The van der Waals surface area contributed by atoms with Crippen LogP contribution in [0.15, 0.2) is 37.3 Å². The largest absolute Gasteiger partial charge is 0.328 e. The minimum Gasteiger partial charge on any atom is -0.295 e. The van der Waals surface area contributed by atoms with Crippen molar-refractivity contribution in [3.05, 3.63) is 53.4 Å². The van der Waals surface area contributed by atoms with Gasteiger partial charge < -0.3 is 0 Å². The number of aromatic nitrogens is 2. The van der Waals surface area contributed by atoms with Crippen molar-refractivity contribution in [2.75, 3.05) is 0 Å². The highest BCUT2D eigenvalue weighted by Gasteiger charge is 2.18. The third-order valence-electron chi connectivity index (χ3n) is 3.40. The summed E-state index contributed by atoms with van der Waals surface area (Å²) < 4.78 is 4.71. The monoisotopic (exact) mass is 428 g/mol. The summed E-state index contributed by atoms with van der Waals surface area (Å²) in [5.74, 6) is -0.0595. The molecule has 0 amide bonds. The van der Waals surface area contributed by atoms with Crippen molar-refractivity contribution < 1.29 is 4.79 Å². The molecule has 0 saturated carbocycles. The first kappa shape index (κ1) is 14.7. The standard InChI is InChI=1S/C14H10Br2N2O2S/c1-17-9-5-7(13(19)11-3-4-12(16)21-11)8(15)6-10(9)18(2)14(17)20/h3-6H,1-2H3. The van der Waals surface area contributed by atoms with E-state index in [1.807, 2.05) is 12.1 Å². The Morgan fingerprint density at radius 2 is 1.71 bits per heavy atom. The first-order chi connectivity index (χ1) is 9.90. The number of hydrogen-bond donors (Lipinski definition) is 0. The van der Waals surface area contributed by atoms with Crippen molar-refractivity contribution >= 4 is 60.0 Å². The van der Waals surface area contributed by atoms with Crippen LogP contribution in [0.25, 0.3) is 11.0 Å². The zero-order valence-electron chi connectivity index (χ0n) is 11.2. The summed E-state index contributed by atoms with van der Waals surface area (Å²) in [7, 11) is 3.42.